The van der Waals surface area contributed by atoms with E-state index in [1.807, 2.05) is 0 Å². The number of carbonyl (C=O) groups excluding carboxylic acids is 2. The monoisotopic (exact) mass is 288 g/mol. The van der Waals surface area contributed by atoms with Gasteiger partial charge in [0.15, 0.2) is 9.84 Å². The number of sulfone groups is 1. The number of carbonyl (C=O) groups is 2. The summed E-state index contributed by atoms with van der Waals surface area (Å²) in [5, 5.41) is 0.844. The largest absolute Gasteiger partial charge is 0.369 e. The number of nitrogens with one attached hydrogen (secondary N) is 1. The van der Waals surface area contributed by atoms with Gasteiger partial charge in [-0.05, 0) is 31.2 Å². The van der Waals surface area contributed by atoms with Crippen LogP contribution in [0.2, 0.25) is 0 Å². The molecule has 0 bridgehead atoms. The van der Waals surface area contributed by atoms with Crippen LogP contribution >= 0.6 is 0 Å². The maximum atomic E-state index is 12.6. The fourth-order valence-corrected chi connectivity index (χ4v) is 2.26. The fraction of sp³-hybridized carbons (Fsp3) is 0.273. The molecule has 0 spiro atoms. The molecule has 2 amide bonds. The van der Waals surface area contributed by atoms with Crippen molar-refractivity contribution in [3.8, 4) is 0 Å². The van der Waals surface area contributed by atoms with Crippen molar-refractivity contribution in [1.82, 2.24) is 0 Å². The first kappa shape index (κ1) is 15.1. The van der Waals surface area contributed by atoms with Gasteiger partial charge in [-0.2, -0.15) is 0 Å². The lowest BCUT2D eigenvalue weighted by Crippen LogP contribution is -2.37. The van der Waals surface area contributed by atoms with E-state index >= 15 is 0 Å². The SMILES string of the molecule is CC(C(N)=O)S(=O)(=O)CC(=O)Nc1ccc(F)cc1. The van der Waals surface area contributed by atoms with Crippen molar-refractivity contribution in [2.75, 3.05) is 11.1 Å². The van der Waals surface area contributed by atoms with Gasteiger partial charge in [0.25, 0.3) is 0 Å². The zero-order valence-electron chi connectivity index (χ0n) is 10.1. The Bertz CT molecular complexity index is 583. The topological polar surface area (TPSA) is 106 Å². The first-order valence-electron chi connectivity index (χ1n) is 5.28. The molecule has 0 aliphatic carbocycles. The summed E-state index contributed by atoms with van der Waals surface area (Å²) in [6, 6.07) is 4.82. The Labute approximate surface area is 109 Å². The summed E-state index contributed by atoms with van der Waals surface area (Å²) in [5.41, 5.74) is 5.13. The summed E-state index contributed by atoms with van der Waals surface area (Å²) >= 11 is 0. The van der Waals surface area contributed by atoms with Gasteiger partial charge in [0, 0.05) is 5.69 Å². The van der Waals surface area contributed by atoms with Gasteiger partial charge in [0.05, 0.1) is 0 Å². The van der Waals surface area contributed by atoms with Crippen molar-refractivity contribution in [2.24, 2.45) is 5.73 Å². The van der Waals surface area contributed by atoms with Crippen molar-refractivity contribution >= 4 is 27.3 Å². The van der Waals surface area contributed by atoms with E-state index < -0.39 is 38.5 Å². The van der Waals surface area contributed by atoms with Crippen LogP contribution in [0.5, 0.6) is 0 Å². The van der Waals surface area contributed by atoms with Crippen LogP contribution in [-0.4, -0.2) is 31.2 Å². The van der Waals surface area contributed by atoms with Gasteiger partial charge in [-0.3, -0.25) is 9.59 Å². The molecule has 0 saturated carbocycles. The average Bonchev–Trinajstić information content (AvgIpc) is 2.30. The second-order valence-electron chi connectivity index (χ2n) is 3.91. The van der Waals surface area contributed by atoms with Gasteiger partial charge < -0.3 is 11.1 Å². The normalized spacial score (nSPS) is 12.7. The zero-order chi connectivity index (χ0) is 14.6. The number of anilines is 1. The van der Waals surface area contributed by atoms with Crippen molar-refractivity contribution < 1.29 is 22.4 Å². The molecule has 0 aliphatic rings. The minimum absolute atomic E-state index is 0.258. The van der Waals surface area contributed by atoms with E-state index in [1.165, 1.54) is 12.1 Å². The van der Waals surface area contributed by atoms with Gasteiger partial charge in [0.1, 0.15) is 16.8 Å². The van der Waals surface area contributed by atoms with E-state index in [0.29, 0.717) is 0 Å². The highest BCUT2D eigenvalue weighted by Crippen LogP contribution is 2.09. The Morgan fingerprint density at radius 2 is 1.84 bits per heavy atom. The van der Waals surface area contributed by atoms with Gasteiger partial charge in [-0.15, -0.1) is 0 Å². The molecule has 6 nitrogen and oxygen atoms in total. The first-order valence-corrected chi connectivity index (χ1v) is 7.00. The molecule has 1 aromatic carbocycles. The Kier molecular flexibility index (Phi) is 4.60. The van der Waals surface area contributed by atoms with Gasteiger partial charge in [-0.25, -0.2) is 12.8 Å². The van der Waals surface area contributed by atoms with Crippen molar-refractivity contribution in [3.63, 3.8) is 0 Å². The molecular weight excluding hydrogens is 275 g/mol. The number of nitrogens with two attached hydrogens (primary N) is 1. The van der Waals surface area contributed by atoms with Crippen LogP contribution < -0.4 is 11.1 Å². The Morgan fingerprint density at radius 1 is 1.32 bits per heavy atom. The first-order chi connectivity index (χ1) is 8.72. The van der Waals surface area contributed by atoms with Crippen molar-refractivity contribution in [1.29, 1.82) is 0 Å². The summed E-state index contributed by atoms with van der Waals surface area (Å²) in [6.45, 7) is 1.11. The number of amides is 2. The minimum Gasteiger partial charge on any atom is -0.369 e. The third kappa shape index (κ3) is 4.32. The number of rotatable bonds is 5. The predicted molar refractivity (Wildman–Crippen MR) is 67.5 cm³/mol. The summed E-state index contributed by atoms with van der Waals surface area (Å²) in [5.74, 6) is -3.18. The van der Waals surface area contributed by atoms with E-state index in [2.05, 4.69) is 5.32 Å². The smallest absolute Gasteiger partial charge is 0.239 e. The van der Waals surface area contributed by atoms with E-state index in [4.69, 9.17) is 5.73 Å². The number of benzene rings is 1. The van der Waals surface area contributed by atoms with Crippen LogP contribution in [0.4, 0.5) is 10.1 Å². The zero-order valence-corrected chi connectivity index (χ0v) is 10.9. The summed E-state index contributed by atoms with van der Waals surface area (Å²) in [4.78, 5) is 22.3. The molecule has 0 aromatic heterocycles. The molecule has 0 radical (unpaired) electrons. The molecule has 3 N–H and O–H groups in total. The second-order valence-corrected chi connectivity index (χ2v) is 6.23. The van der Waals surface area contributed by atoms with Crippen molar-refractivity contribution in [2.45, 2.75) is 12.2 Å². The van der Waals surface area contributed by atoms with E-state index in [-0.39, 0.29) is 5.69 Å². The van der Waals surface area contributed by atoms with Crippen LogP contribution in [0.1, 0.15) is 6.92 Å². The predicted octanol–water partition coefficient (Wildman–Crippen LogP) is 0.0528. The molecule has 0 heterocycles. The standard InChI is InChI=1S/C11H13FN2O4S/c1-7(11(13)16)19(17,18)6-10(15)14-9-4-2-8(12)3-5-9/h2-5,7H,6H2,1H3,(H2,13,16)(H,14,15). The summed E-state index contributed by atoms with van der Waals surface area (Å²) in [7, 11) is -3.95. The van der Waals surface area contributed by atoms with Gasteiger partial charge in [-0.1, -0.05) is 0 Å². The molecule has 1 unspecified atom stereocenters. The fourth-order valence-electron chi connectivity index (χ4n) is 1.21. The van der Waals surface area contributed by atoms with Crippen LogP contribution in [0.15, 0.2) is 24.3 Å². The van der Waals surface area contributed by atoms with E-state index in [9.17, 15) is 22.4 Å². The lowest BCUT2D eigenvalue weighted by atomic mass is 10.3. The third-order valence-electron chi connectivity index (χ3n) is 2.40. The van der Waals surface area contributed by atoms with Crippen molar-refractivity contribution in [3.05, 3.63) is 30.1 Å². The highest BCUT2D eigenvalue weighted by molar-refractivity contribution is 7.93. The average molecular weight is 288 g/mol. The van der Waals surface area contributed by atoms with Crippen LogP contribution in [0.25, 0.3) is 0 Å². The molecule has 1 aromatic rings. The number of hydrogen-bond donors (Lipinski definition) is 2. The molecule has 0 aliphatic heterocycles. The molecule has 1 rings (SSSR count). The van der Waals surface area contributed by atoms with Crippen LogP contribution in [0, 0.1) is 5.82 Å². The molecule has 0 fully saturated rings. The van der Waals surface area contributed by atoms with Gasteiger partial charge >= 0.3 is 0 Å². The minimum atomic E-state index is -3.95. The van der Waals surface area contributed by atoms with Gasteiger partial charge in [0.2, 0.25) is 11.8 Å². The quantitative estimate of drug-likeness (QED) is 0.798. The highest BCUT2D eigenvalue weighted by atomic mass is 32.2. The molecular formula is C11H13FN2O4S. The molecule has 19 heavy (non-hydrogen) atoms. The molecule has 0 saturated heterocycles. The summed E-state index contributed by atoms with van der Waals surface area (Å²) in [6.07, 6.45) is 0. The molecule has 8 heteroatoms. The lowest BCUT2D eigenvalue weighted by molar-refractivity contribution is -0.117. The maximum absolute atomic E-state index is 12.6. The van der Waals surface area contributed by atoms with Crippen LogP contribution in [0.3, 0.4) is 0 Å². The Hall–Kier alpha value is -1.96. The Balaban J connectivity index is 2.70. The molecule has 104 valence electrons. The number of primary amides is 1. The third-order valence-corrected chi connectivity index (χ3v) is 4.37. The van der Waals surface area contributed by atoms with E-state index in [1.54, 1.807) is 0 Å². The second kappa shape index (κ2) is 5.79. The lowest BCUT2D eigenvalue weighted by Gasteiger charge is -2.09. The summed E-state index contributed by atoms with van der Waals surface area (Å²) < 4.78 is 35.8. The highest BCUT2D eigenvalue weighted by Gasteiger charge is 2.28. The maximum Gasteiger partial charge on any atom is 0.239 e. The van der Waals surface area contributed by atoms with E-state index in [0.717, 1.165) is 19.1 Å². The number of hydrogen-bond acceptors (Lipinski definition) is 4. The molecule has 1 atom stereocenters. The number of halogens is 1. The Morgan fingerprint density at radius 3 is 2.32 bits per heavy atom. The van der Waals surface area contributed by atoms with Crippen LogP contribution in [-0.2, 0) is 19.4 Å².